The Hall–Kier alpha value is -2.48. The van der Waals surface area contributed by atoms with Gasteiger partial charge in [-0.05, 0) is 5.56 Å². The Morgan fingerprint density at radius 3 is 2.08 bits per heavy atom. The molecule has 0 amide bonds. The first kappa shape index (κ1) is 17.3. The van der Waals surface area contributed by atoms with E-state index in [9.17, 15) is 10.1 Å². The first-order valence-corrected chi connectivity index (χ1v) is 8.94. The van der Waals surface area contributed by atoms with Crippen LogP contribution in [0.1, 0.15) is 17.0 Å². The largest absolute Gasteiger partial charge is 0.322 e. The van der Waals surface area contributed by atoms with E-state index in [0.717, 1.165) is 38.3 Å². The van der Waals surface area contributed by atoms with Crippen molar-refractivity contribution in [3.8, 4) is 6.07 Å². The van der Waals surface area contributed by atoms with E-state index in [1.54, 1.807) is 4.90 Å². The number of nitrogens with zero attached hydrogens (tertiary/aromatic N) is 1. The molecule has 0 aromatic heterocycles. The molecule has 0 aliphatic carbocycles. The van der Waals surface area contributed by atoms with Crippen LogP contribution in [0.25, 0.3) is 0 Å². The van der Waals surface area contributed by atoms with E-state index in [0.29, 0.717) is 6.54 Å². The van der Waals surface area contributed by atoms with E-state index in [2.05, 4.69) is 30.3 Å². The predicted octanol–water partition coefficient (Wildman–Crippen LogP) is -0.154. The van der Waals surface area contributed by atoms with Gasteiger partial charge in [-0.1, -0.05) is 60.7 Å². The number of nitriles is 1. The number of carbonyl (C=O) groups is 1. The lowest BCUT2D eigenvalue weighted by atomic mass is 9.96. The standard InChI is InChI=1S/C21H23N3O/c22-15-20(19-9-5-2-6-10-19)21(25)17-24-13-11-23(12-14-24)16-18-7-3-1-4-8-18/h1-10,20H,11-14,16-17H2/p+2/t20-/m0/s1. The summed E-state index contributed by atoms with van der Waals surface area (Å²) in [4.78, 5) is 15.4. The van der Waals surface area contributed by atoms with Crippen molar-refractivity contribution in [3.63, 3.8) is 0 Å². The normalized spacial score (nSPS) is 21.2. The molecule has 1 aliphatic rings. The zero-order valence-corrected chi connectivity index (χ0v) is 14.4. The molecule has 0 radical (unpaired) electrons. The molecule has 1 fully saturated rings. The van der Waals surface area contributed by atoms with Gasteiger partial charge in [0, 0.05) is 5.56 Å². The quantitative estimate of drug-likeness (QED) is 0.771. The third kappa shape index (κ3) is 4.76. The van der Waals surface area contributed by atoms with E-state index in [1.165, 1.54) is 10.5 Å². The monoisotopic (exact) mass is 335 g/mol. The van der Waals surface area contributed by atoms with Gasteiger partial charge in [-0.25, -0.2) is 0 Å². The van der Waals surface area contributed by atoms with Crippen LogP contribution >= 0.6 is 0 Å². The molecule has 0 saturated carbocycles. The molecule has 1 atom stereocenters. The van der Waals surface area contributed by atoms with Crippen molar-refractivity contribution in [1.29, 1.82) is 5.26 Å². The number of benzene rings is 2. The Bertz CT molecular complexity index is 716. The molecule has 1 aliphatic heterocycles. The Morgan fingerprint density at radius 2 is 1.48 bits per heavy atom. The molecular weight excluding hydrogens is 310 g/mol. The minimum atomic E-state index is -0.636. The van der Waals surface area contributed by atoms with Gasteiger partial charge in [0.1, 0.15) is 45.2 Å². The Balaban J connectivity index is 1.50. The Labute approximate surface area is 149 Å². The third-order valence-electron chi connectivity index (χ3n) is 4.97. The third-order valence-corrected chi connectivity index (χ3v) is 4.97. The highest BCUT2D eigenvalue weighted by molar-refractivity contribution is 5.89. The molecule has 0 unspecified atom stereocenters. The number of quaternary nitrogens is 2. The van der Waals surface area contributed by atoms with E-state index in [4.69, 9.17) is 0 Å². The Kier molecular flexibility index (Phi) is 5.95. The number of ketones is 1. The average Bonchev–Trinajstić information content (AvgIpc) is 2.66. The summed E-state index contributed by atoms with van der Waals surface area (Å²) in [5.41, 5.74) is 2.17. The zero-order valence-electron chi connectivity index (χ0n) is 14.4. The van der Waals surface area contributed by atoms with Crippen LogP contribution in [0.5, 0.6) is 0 Å². The molecule has 1 heterocycles. The highest BCUT2D eigenvalue weighted by Gasteiger charge is 2.28. The zero-order chi connectivity index (χ0) is 17.5. The summed E-state index contributed by atoms with van der Waals surface area (Å²) in [6.07, 6.45) is 0. The molecule has 1 saturated heterocycles. The van der Waals surface area contributed by atoms with Crippen LogP contribution in [-0.2, 0) is 11.3 Å². The van der Waals surface area contributed by atoms with Crippen LogP contribution in [0.15, 0.2) is 60.7 Å². The summed E-state index contributed by atoms with van der Waals surface area (Å²) in [5.74, 6) is -0.599. The predicted molar refractivity (Wildman–Crippen MR) is 96.2 cm³/mol. The summed E-state index contributed by atoms with van der Waals surface area (Å²) in [6.45, 7) is 5.61. The van der Waals surface area contributed by atoms with Crippen molar-refractivity contribution in [2.24, 2.45) is 0 Å². The molecule has 0 bridgehead atoms. The number of rotatable bonds is 6. The van der Waals surface area contributed by atoms with Gasteiger partial charge < -0.3 is 9.80 Å². The second kappa shape index (κ2) is 8.57. The van der Waals surface area contributed by atoms with Crippen molar-refractivity contribution in [2.75, 3.05) is 32.7 Å². The lowest BCUT2D eigenvalue weighted by Crippen LogP contribution is -3.27. The first-order valence-electron chi connectivity index (χ1n) is 8.94. The molecule has 0 spiro atoms. The van der Waals surface area contributed by atoms with Crippen molar-refractivity contribution in [3.05, 3.63) is 71.8 Å². The number of nitrogens with one attached hydrogen (secondary N) is 2. The Morgan fingerprint density at radius 1 is 0.920 bits per heavy atom. The number of hydrogen-bond acceptors (Lipinski definition) is 2. The molecule has 25 heavy (non-hydrogen) atoms. The van der Waals surface area contributed by atoms with Crippen LogP contribution in [0, 0.1) is 11.3 Å². The van der Waals surface area contributed by atoms with Crippen LogP contribution in [-0.4, -0.2) is 38.5 Å². The van der Waals surface area contributed by atoms with Crippen LogP contribution in [0.2, 0.25) is 0 Å². The molecule has 4 heteroatoms. The smallest absolute Gasteiger partial charge is 0.208 e. The summed E-state index contributed by atoms with van der Waals surface area (Å²) in [7, 11) is 0. The molecular formula is C21H25N3O+2. The van der Waals surface area contributed by atoms with E-state index in [-0.39, 0.29) is 5.78 Å². The van der Waals surface area contributed by atoms with Gasteiger partial charge in [0.15, 0.2) is 0 Å². The molecule has 2 N–H and O–H groups in total. The van der Waals surface area contributed by atoms with Gasteiger partial charge in [0.05, 0.1) is 6.07 Å². The van der Waals surface area contributed by atoms with Crippen molar-refractivity contribution in [2.45, 2.75) is 12.5 Å². The lowest BCUT2D eigenvalue weighted by Gasteiger charge is -2.29. The van der Waals surface area contributed by atoms with E-state index >= 15 is 0 Å². The first-order chi connectivity index (χ1) is 12.3. The average molecular weight is 335 g/mol. The molecule has 2 aromatic rings. The van der Waals surface area contributed by atoms with Crippen LogP contribution in [0.4, 0.5) is 0 Å². The molecule has 3 rings (SSSR count). The second-order valence-corrected chi connectivity index (χ2v) is 6.78. The molecule has 2 aromatic carbocycles. The van der Waals surface area contributed by atoms with Gasteiger partial charge in [0.2, 0.25) is 5.78 Å². The van der Waals surface area contributed by atoms with Gasteiger partial charge in [0.25, 0.3) is 0 Å². The maximum Gasteiger partial charge on any atom is 0.208 e. The number of piperazine rings is 1. The van der Waals surface area contributed by atoms with Crippen LogP contribution < -0.4 is 9.80 Å². The minimum Gasteiger partial charge on any atom is -0.322 e. The maximum absolute atomic E-state index is 12.6. The fourth-order valence-electron chi connectivity index (χ4n) is 3.52. The number of carbonyl (C=O) groups excluding carboxylic acids is 1. The minimum absolute atomic E-state index is 0.0372. The van der Waals surface area contributed by atoms with Crippen molar-refractivity contribution < 1.29 is 14.6 Å². The summed E-state index contributed by atoms with van der Waals surface area (Å²) >= 11 is 0. The maximum atomic E-state index is 12.6. The SMILES string of the molecule is N#C[C@H](C(=O)C[NH+]1CC[NH+](Cc2ccccc2)CC1)c1ccccc1. The number of hydrogen-bond donors (Lipinski definition) is 2. The van der Waals surface area contributed by atoms with Gasteiger partial charge in [-0.15, -0.1) is 0 Å². The summed E-state index contributed by atoms with van der Waals surface area (Å²) < 4.78 is 0. The van der Waals surface area contributed by atoms with Crippen molar-refractivity contribution in [1.82, 2.24) is 0 Å². The lowest BCUT2D eigenvalue weighted by molar-refractivity contribution is -1.02. The second-order valence-electron chi connectivity index (χ2n) is 6.78. The van der Waals surface area contributed by atoms with Gasteiger partial charge >= 0.3 is 0 Å². The van der Waals surface area contributed by atoms with E-state index in [1.807, 2.05) is 36.4 Å². The fourth-order valence-corrected chi connectivity index (χ4v) is 3.52. The topological polar surface area (TPSA) is 49.7 Å². The fraction of sp³-hybridized carbons (Fsp3) is 0.333. The molecule has 128 valence electrons. The summed E-state index contributed by atoms with van der Waals surface area (Å²) in [6, 6.07) is 22.1. The van der Waals surface area contributed by atoms with Gasteiger partial charge in [-0.3, -0.25) is 4.79 Å². The van der Waals surface area contributed by atoms with Gasteiger partial charge in [-0.2, -0.15) is 5.26 Å². The van der Waals surface area contributed by atoms with E-state index < -0.39 is 5.92 Å². The van der Waals surface area contributed by atoms with Crippen molar-refractivity contribution >= 4 is 5.78 Å². The highest BCUT2D eigenvalue weighted by atomic mass is 16.1. The number of Topliss-reactive ketones (excluding diaryl/α,β-unsaturated/α-hetero) is 1. The highest BCUT2D eigenvalue weighted by Crippen LogP contribution is 2.14. The molecule has 4 nitrogen and oxygen atoms in total. The van der Waals surface area contributed by atoms with Crippen LogP contribution in [0.3, 0.4) is 0 Å². The summed E-state index contributed by atoms with van der Waals surface area (Å²) in [5, 5.41) is 9.40.